The fourth-order valence-electron chi connectivity index (χ4n) is 1.55. The van der Waals surface area contributed by atoms with E-state index in [-0.39, 0.29) is 0 Å². The highest BCUT2D eigenvalue weighted by Gasteiger charge is 2.10. The zero-order valence-electron chi connectivity index (χ0n) is 8.72. The van der Waals surface area contributed by atoms with Crippen LogP contribution in [-0.4, -0.2) is 15.2 Å². The van der Waals surface area contributed by atoms with Crippen LogP contribution in [0.25, 0.3) is 22.1 Å². The Morgan fingerprint density at radius 1 is 1.12 bits per heavy atom. The number of benzene rings is 1. The first-order chi connectivity index (χ1) is 8.34. The monoisotopic (exact) mass is 261 g/mol. The minimum absolute atomic E-state index is 0.624. The van der Waals surface area contributed by atoms with Crippen LogP contribution in [0.1, 0.15) is 0 Å². The maximum absolute atomic E-state index is 6.10. The van der Waals surface area contributed by atoms with Crippen molar-refractivity contribution in [3.8, 4) is 22.1 Å². The molecule has 0 radical (unpaired) electrons. The molecule has 3 nitrogen and oxygen atoms in total. The Balaban J connectivity index is 2.04. The SMILES string of the molecule is Clc1ccccc1-c1n[nH]c(-c2cccs2)n1. The van der Waals surface area contributed by atoms with Crippen molar-refractivity contribution in [2.24, 2.45) is 0 Å². The number of aromatic amines is 1. The fourth-order valence-corrected chi connectivity index (χ4v) is 2.43. The molecule has 0 amide bonds. The number of thiophene rings is 1. The normalized spacial score (nSPS) is 10.6. The fraction of sp³-hybridized carbons (Fsp3) is 0. The van der Waals surface area contributed by atoms with E-state index < -0.39 is 0 Å². The summed E-state index contributed by atoms with van der Waals surface area (Å²) in [5, 5.41) is 9.78. The van der Waals surface area contributed by atoms with Crippen LogP contribution in [0, 0.1) is 0 Å². The van der Waals surface area contributed by atoms with Crippen LogP contribution in [0.4, 0.5) is 0 Å². The van der Waals surface area contributed by atoms with Crippen molar-refractivity contribution in [1.29, 1.82) is 0 Å². The minimum atomic E-state index is 0.624. The molecule has 0 atom stereocenters. The van der Waals surface area contributed by atoms with Gasteiger partial charge >= 0.3 is 0 Å². The molecule has 1 aromatic carbocycles. The van der Waals surface area contributed by atoms with Gasteiger partial charge in [-0.05, 0) is 23.6 Å². The third kappa shape index (κ3) is 1.97. The number of halogens is 1. The van der Waals surface area contributed by atoms with Crippen LogP contribution in [0.2, 0.25) is 5.02 Å². The van der Waals surface area contributed by atoms with Gasteiger partial charge in [0.15, 0.2) is 11.6 Å². The Morgan fingerprint density at radius 3 is 2.76 bits per heavy atom. The molecule has 1 N–H and O–H groups in total. The second kappa shape index (κ2) is 4.31. The summed E-state index contributed by atoms with van der Waals surface area (Å²) >= 11 is 7.72. The summed E-state index contributed by atoms with van der Waals surface area (Å²) < 4.78 is 0. The molecule has 2 aromatic heterocycles. The predicted molar refractivity (Wildman–Crippen MR) is 70.1 cm³/mol. The number of nitrogens with zero attached hydrogens (tertiary/aromatic N) is 2. The smallest absolute Gasteiger partial charge is 0.183 e. The molecular formula is C12H8ClN3S. The van der Waals surface area contributed by atoms with E-state index in [4.69, 9.17) is 11.6 Å². The van der Waals surface area contributed by atoms with Gasteiger partial charge in [0.1, 0.15) is 0 Å². The molecule has 3 rings (SSSR count). The second-order valence-corrected chi connectivity index (χ2v) is 4.82. The Morgan fingerprint density at radius 2 is 2.00 bits per heavy atom. The van der Waals surface area contributed by atoms with Gasteiger partial charge in [0.25, 0.3) is 0 Å². The minimum Gasteiger partial charge on any atom is -0.258 e. The molecule has 0 aliphatic rings. The lowest BCUT2D eigenvalue weighted by atomic mass is 10.2. The number of nitrogens with one attached hydrogen (secondary N) is 1. The maximum atomic E-state index is 6.10. The zero-order valence-corrected chi connectivity index (χ0v) is 10.3. The molecule has 3 aromatic rings. The second-order valence-electron chi connectivity index (χ2n) is 3.46. The highest BCUT2D eigenvalue weighted by molar-refractivity contribution is 7.13. The predicted octanol–water partition coefficient (Wildman–Crippen LogP) is 3.85. The van der Waals surface area contributed by atoms with Crippen LogP contribution in [-0.2, 0) is 0 Å². The Kier molecular flexibility index (Phi) is 2.66. The molecular weight excluding hydrogens is 254 g/mol. The summed E-state index contributed by atoms with van der Waals surface area (Å²) in [5.74, 6) is 1.40. The lowest BCUT2D eigenvalue weighted by Gasteiger charge is -1.96. The van der Waals surface area contributed by atoms with E-state index >= 15 is 0 Å². The average Bonchev–Trinajstić information content (AvgIpc) is 3.00. The molecule has 84 valence electrons. The summed E-state index contributed by atoms with van der Waals surface area (Å²) in [7, 11) is 0. The summed E-state index contributed by atoms with van der Waals surface area (Å²) in [6.07, 6.45) is 0. The van der Waals surface area contributed by atoms with Crippen molar-refractivity contribution in [3.63, 3.8) is 0 Å². The van der Waals surface area contributed by atoms with Crippen LogP contribution in [0.15, 0.2) is 41.8 Å². The van der Waals surface area contributed by atoms with Crippen molar-refractivity contribution >= 4 is 22.9 Å². The lowest BCUT2D eigenvalue weighted by Crippen LogP contribution is -1.81. The van der Waals surface area contributed by atoms with Gasteiger partial charge in [0, 0.05) is 5.56 Å². The van der Waals surface area contributed by atoms with E-state index in [2.05, 4.69) is 15.2 Å². The topological polar surface area (TPSA) is 41.6 Å². The molecule has 0 fully saturated rings. The lowest BCUT2D eigenvalue weighted by molar-refractivity contribution is 1.10. The number of hydrogen-bond donors (Lipinski definition) is 1. The first kappa shape index (κ1) is 10.5. The third-order valence-corrected chi connectivity index (χ3v) is 3.56. The van der Waals surface area contributed by atoms with Gasteiger partial charge in [-0.1, -0.05) is 29.8 Å². The molecule has 0 saturated heterocycles. The van der Waals surface area contributed by atoms with Gasteiger partial charge in [-0.25, -0.2) is 4.98 Å². The van der Waals surface area contributed by atoms with E-state index in [0.717, 1.165) is 16.3 Å². The molecule has 0 spiro atoms. The average molecular weight is 262 g/mol. The number of rotatable bonds is 2. The van der Waals surface area contributed by atoms with E-state index in [0.29, 0.717) is 10.8 Å². The van der Waals surface area contributed by atoms with Gasteiger partial charge in [-0.15, -0.1) is 11.3 Å². The Hall–Kier alpha value is -1.65. The van der Waals surface area contributed by atoms with Crippen molar-refractivity contribution in [1.82, 2.24) is 15.2 Å². The molecule has 0 aliphatic heterocycles. The van der Waals surface area contributed by atoms with Gasteiger partial charge < -0.3 is 0 Å². The van der Waals surface area contributed by atoms with E-state index in [9.17, 15) is 0 Å². The Bertz CT molecular complexity index is 631. The summed E-state index contributed by atoms with van der Waals surface area (Å²) in [4.78, 5) is 5.51. The summed E-state index contributed by atoms with van der Waals surface area (Å²) in [6.45, 7) is 0. The van der Waals surface area contributed by atoms with Crippen LogP contribution in [0.5, 0.6) is 0 Å². The molecule has 0 bridgehead atoms. The molecule has 0 saturated carbocycles. The standard InChI is InChI=1S/C12H8ClN3S/c13-9-5-2-1-4-8(9)11-14-12(16-15-11)10-6-3-7-17-10/h1-7H,(H,14,15,16). The van der Waals surface area contributed by atoms with Crippen molar-refractivity contribution in [2.75, 3.05) is 0 Å². The highest BCUT2D eigenvalue weighted by Crippen LogP contribution is 2.27. The number of H-pyrrole nitrogens is 1. The number of hydrogen-bond acceptors (Lipinski definition) is 3. The molecule has 0 aliphatic carbocycles. The van der Waals surface area contributed by atoms with E-state index in [1.54, 1.807) is 11.3 Å². The summed E-state index contributed by atoms with van der Waals surface area (Å²) in [5.41, 5.74) is 0.841. The van der Waals surface area contributed by atoms with Crippen molar-refractivity contribution in [3.05, 3.63) is 46.8 Å². The van der Waals surface area contributed by atoms with Gasteiger partial charge in [-0.3, -0.25) is 5.10 Å². The van der Waals surface area contributed by atoms with Crippen LogP contribution >= 0.6 is 22.9 Å². The van der Waals surface area contributed by atoms with Crippen molar-refractivity contribution in [2.45, 2.75) is 0 Å². The van der Waals surface area contributed by atoms with Crippen LogP contribution < -0.4 is 0 Å². The molecule has 2 heterocycles. The third-order valence-electron chi connectivity index (χ3n) is 2.35. The summed E-state index contributed by atoms with van der Waals surface area (Å²) in [6, 6.07) is 11.5. The van der Waals surface area contributed by atoms with Gasteiger partial charge in [0.05, 0.1) is 9.90 Å². The maximum Gasteiger partial charge on any atom is 0.183 e. The van der Waals surface area contributed by atoms with Gasteiger partial charge in [-0.2, -0.15) is 5.10 Å². The Labute approximate surface area is 107 Å². The molecule has 5 heteroatoms. The first-order valence-corrected chi connectivity index (χ1v) is 6.31. The largest absolute Gasteiger partial charge is 0.258 e. The quantitative estimate of drug-likeness (QED) is 0.761. The highest BCUT2D eigenvalue weighted by atomic mass is 35.5. The number of aromatic nitrogens is 3. The van der Waals surface area contributed by atoms with E-state index in [1.807, 2.05) is 41.8 Å². The first-order valence-electron chi connectivity index (χ1n) is 5.06. The molecule has 17 heavy (non-hydrogen) atoms. The molecule has 0 unspecified atom stereocenters. The van der Waals surface area contributed by atoms with Gasteiger partial charge in [0.2, 0.25) is 0 Å². The van der Waals surface area contributed by atoms with Crippen LogP contribution in [0.3, 0.4) is 0 Å². The zero-order chi connectivity index (χ0) is 11.7. The van der Waals surface area contributed by atoms with E-state index in [1.165, 1.54) is 0 Å². The van der Waals surface area contributed by atoms with Crippen molar-refractivity contribution < 1.29 is 0 Å².